The van der Waals surface area contributed by atoms with Crippen LogP contribution in [0.4, 0.5) is 5.69 Å². The Bertz CT molecular complexity index is 877. The molecule has 2 rings (SSSR count). The Hall–Kier alpha value is -3.48. The topological polar surface area (TPSA) is 83.1 Å². The van der Waals surface area contributed by atoms with Gasteiger partial charge < -0.3 is 24.3 Å². The molecule has 7 nitrogen and oxygen atoms in total. The molecule has 0 aliphatic carbocycles. The summed E-state index contributed by atoms with van der Waals surface area (Å²) in [7, 11) is 3.08. The van der Waals surface area contributed by atoms with E-state index in [9.17, 15) is 9.59 Å². The van der Waals surface area contributed by atoms with Crippen LogP contribution < -0.4 is 19.5 Å². The fraction of sp³-hybridized carbons (Fsp3) is 0.273. The minimum atomic E-state index is -0.986. The lowest BCUT2D eigenvalue weighted by molar-refractivity contribution is -0.148. The Morgan fingerprint density at radius 2 is 1.83 bits per heavy atom. The Morgan fingerprint density at radius 3 is 2.52 bits per heavy atom. The molecule has 0 aliphatic rings. The van der Waals surface area contributed by atoms with Crippen LogP contribution in [0.3, 0.4) is 0 Å². The minimum Gasteiger partial charge on any atom is -0.497 e. The molecule has 29 heavy (non-hydrogen) atoms. The van der Waals surface area contributed by atoms with Crippen molar-refractivity contribution in [3.63, 3.8) is 0 Å². The Kier molecular flexibility index (Phi) is 8.09. The first-order valence-corrected chi connectivity index (χ1v) is 9.11. The van der Waals surface area contributed by atoms with Gasteiger partial charge in [0.1, 0.15) is 17.2 Å². The van der Waals surface area contributed by atoms with Gasteiger partial charge in [0.15, 0.2) is 6.10 Å². The van der Waals surface area contributed by atoms with E-state index in [1.807, 2.05) is 13.0 Å². The normalized spacial score (nSPS) is 11.6. The third-order valence-electron chi connectivity index (χ3n) is 3.95. The van der Waals surface area contributed by atoms with Gasteiger partial charge in [-0.25, -0.2) is 4.79 Å². The maximum absolute atomic E-state index is 12.3. The van der Waals surface area contributed by atoms with Crippen molar-refractivity contribution >= 4 is 23.6 Å². The molecule has 1 amide bonds. The zero-order chi connectivity index (χ0) is 21.2. The molecule has 2 aromatic rings. The van der Waals surface area contributed by atoms with Crippen molar-refractivity contribution in [2.75, 3.05) is 26.1 Å². The highest BCUT2D eigenvalue weighted by molar-refractivity contribution is 5.97. The fourth-order valence-corrected chi connectivity index (χ4v) is 2.47. The van der Waals surface area contributed by atoms with E-state index in [1.54, 1.807) is 49.6 Å². The number of anilines is 1. The van der Waals surface area contributed by atoms with Gasteiger partial charge in [-0.2, -0.15) is 0 Å². The summed E-state index contributed by atoms with van der Waals surface area (Å²) >= 11 is 0. The molecule has 1 N–H and O–H groups in total. The second-order valence-electron chi connectivity index (χ2n) is 5.94. The number of para-hydroxylation sites is 2. The van der Waals surface area contributed by atoms with Gasteiger partial charge in [0.25, 0.3) is 5.91 Å². The lowest BCUT2D eigenvalue weighted by Crippen LogP contribution is -2.29. The summed E-state index contributed by atoms with van der Waals surface area (Å²) in [5.41, 5.74) is 1.19. The van der Waals surface area contributed by atoms with Gasteiger partial charge in [0.05, 0.1) is 26.5 Å². The Morgan fingerprint density at radius 1 is 1.07 bits per heavy atom. The molecule has 0 aromatic heterocycles. The van der Waals surface area contributed by atoms with E-state index in [2.05, 4.69) is 5.32 Å². The second-order valence-corrected chi connectivity index (χ2v) is 5.94. The number of nitrogens with one attached hydrogen (secondary N) is 1. The number of amides is 1. The van der Waals surface area contributed by atoms with Crippen molar-refractivity contribution in [1.29, 1.82) is 0 Å². The molecule has 0 radical (unpaired) electrons. The van der Waals surface area contributed by atoms with Crippen LogP contribution in [0.15, 0.2) is 48.5 Å². The first kappa shape index (κ1) is 21.8. The van der Waals surface area contributed by atoms with Crippen LogP contribution >= 0.6 is 0 Å². The number of carbonyl (C=O) groups is 2. The maximum Gasteiger partial charge on any atom is 0.331 e. The quantitative estimate of drug-likeness (QED) is 0.512. The molecule has 154 valence electrons. The zero-order valence-corrected chi connectivity index (χ0v) is 16.9. The zero-order valence-electron chi connectivity index (χ0n) is 16.9. The number of rotatable bonds is 9. The molecule has 0 bridgehead atoms. The smallest absolute Gasteiger partial charge is 0.331 e. The first-order chi connectivity index (χ1) is 14.0. The maximum atomic E-state index is 12.3. The summed E-state index contributed by atoms with van der Waals surface area (Å²) in [6, 6.07) is 12.3. The van der Waals surface area contributed by atoms with Crippen molar-refractivity contribution < 1.29 is 28.5 Å². The standard InChI is InChI=1S/C22H25NO6/c1-5-28-19-9-7-6-8-18(19)23-22(25)15(2)29-21(24)13-11-16-10-12-17(26-3)14-20(16)27-4/h6-15H,5H2,1-4H3,(H,23,25)/b13-11+/t15-/m0/s1. The molecule has 0 unspecified atom stereocenters. The molecule has 0 spiro atoms. The van der Waals surface area contributed by atoms with E-state index in [4.69, 9.17) is 18.9 Å². The molecule has 0 saturated heterocycles. The van der Waals surface area contributed by atoms with E-state index >= 15 is 0 Å². The van der Waals surface area contributed by atoms with Crippen molar-refractivity contribution in [3.8, 4) is 17.2 Å². The van der Waals surface area contributed by atoms with E-state index < -0.39 is 18.0 Å². The van der Waals surface area contributed by atoms with Crippen molar-refractivity contribution in [2.45, 2.75) is 20.0 Å². The molecule has 1 atom stereocenters. The van der Waals surface area contributed by atoms with Gasteiger partial charge in [-0.1, -0.05) is 12.1 Å². The molecular formula is C22H25NO6. The average molecular weight is 399 g/mol. The number of methoxy groups -OCH3 is 2. The highest BCUT2D eigenvalue weighted by atomic mass is 16.5. The van der Waals surface area contributed by atoms with Gasteiger partial charge in [-0.15, -0.1) is 0 Å². The van der Waals surface area contributed by atoms with Gasteiger partial charge in [0.2, 0.25) is 0 Å². The highest BCUT2D eigenvalue weighted by Crippen LogP contribution is 2.26. The third kappa shape index (κ3) is 6.27. The van der Waals surface area contributed by atoms with E-state index in [0.29, 0.717) is 35.1 Å². The van der Waals surface area contributed by atoms with Gasteiger partial charge in [-0.3, -0.25) is 4.79 Å². The lowest BCUT2D eigenvalue weighted by atomic mass is 10.1. The number of hydrogen-bond donors (Lipinski definition) is 1. The van der Waals surface area contributed by atoms with Crippen LogP contribution in [0.2, 0.25) is 0 Å². The van der Waals surface area contributed by atoms with Crippen molar-refractivity contribution in [3.05, 3.63) is 54.1 Å². The minimum absolute atomic E-state index is 0.457. The SMILES string of the molecule is CCOc1ccccc1NC(=O)[C@H](C)OC(=O)/C=C/c1ccc(OC)cc1OC. The van der Waals surface area contributed by atoms with Crippen LogP contribution in [0.1, 0.15) is 19.4 Å². The fourth-order valence-electron chi connectivity index (χ4n) is 2.47. The predicted molar refractivity (Wildman–Crippen MR) is 110 cm³/mol. The third-order valence-corrected chi connectivity index (χ3v) is 3.95. The summed E-state index contributed by atoms with van der Waals surface area (Å²) in [5.74, 6) is 0.629. The van der Waals surface area contributed by atoms with Crippen molar-refractivity contribution in [1.82, 2.24) is 0 Å². The predicted octanol–water partition coefficient (Wildman–Crippen LogP) is 3.69. The van der Waals surface area contributed by atoms with Crippen molar-refractivity contribution in [2.24, 2.45) is 0 Å². The summed E-state index contributed by atoms with van der Waals surface area (Å²) in [4.78, 5) is 24.4. The average Bonchev–Trinajstić information content (AvgIpc) is 2.73. The summed E-state index contributed by atoms with van der Waals surface area (Å²) in [6.45, 7) is 3.82. The summed E-state index contributed by atoms with van der Waals surface area (Å²) < 4.78 is 21.1. The van der Waals surface area contributed by atoms with Gasteiger partial charge >= 0.3 is 5.97 Å². The number of hydrogen-bond acceptors (Lipinski definition) is 6. The molecule has 2 aromatic carbocycles. The number of ether oxygens (including phenoxy) is 4. The van der Waals surface area contributed by atoms with E-state index in [0.717, 1.165) is 0 Å². The monoisotopic (exact) mass is 399 g/mol. The molecule has 0 heterocycles. The molecule has 0 saturated carbocycles. The molecule has 0 fully saturated rings. The van der Waals surface area contributed by atoms with Crippen LogP contribution in [0.25, 0.3) is 6.08 Å². The summed E-state index contributed by atoms with van der Waals surface area (Å²) in [5, 5.41) is 2.71. The largest absolute Gasteiger partial charge is 0.497 e. The van der Waals surface area contributed by atoms with Crippen LogP contribution in [-0.2, 0) is 14.3 Å². The number of benzene rings is 2. The second kappa shape index (κ2) is 10.8. The molecule has 7 heteroatoms. The summed E-state index contributed by atoms with van der Waals surface area (Å²) in [6.07, 6.45) is 1.80. The van der Waals surface area contributed by atoms with Crippen LogP contribution in [-0.4, -0.2) is 38.8 Å². The lowest BCUT2D eigenvalue weighted by Gasteiger charge is -2.15. The van der Waals surface area contributed by atoms with Gasteiger partial charge in [-0.05, 0) is 44.2 Å². The number of carbonyl (C=O) groups excluding carboxylic acids is 2. The van der Waals surface area contributed by atoms with Crippen LogP contribution in [0, 0.1) is 0 Å². The Balaban J connectivity index is 1.98. The molecular weight excluding hydrogens is 374 g/mol. The van der Waals surface area contributed by atoms with E-state index in [-0.39, 0.29) is 0 Å². The number of esters is 1. The van der Waals surface area contributed by atoms with E-state index in [1.165, 1.54) is 20.1 Å². The Labute approximate surface area is 170 Å². The van der Waals surface area contributed by atoms with Gasteiger partial charge in [0, 0.05) is 17.7 Å². The highest BCUT2D eigenvalue weighted by Gasteiger charge is 2.18. The molecule has 0 aliphatic heterocycles. The first-order valence-electron chi connectivity index (χ1n) is 9.11. The van der Waals surface area contributed by atoms with Crippen LogP contribution in [0.5, 0.6) is 17.2 Å².